The van der Waals surface area contributed by atoms with Crippen molar-refractivity contribution in [3.63, 3.8) is 0 Å². The highest BCUT2D eigenvalue weighted by Crippen LogP contribution is 2.33. The molecule has 5 nitrogen and oxygen atoms in total. The highest BCUT2D eigenvalue weighted by Gasteiger charge is 2.52. The van der Waals surface area contributed by atoms with Crippen LogP contribution in [0.1, 0.15) is 30.0 Å². The third-order valence-electron chi connectivity index (χ3n) is 5.88. The van der Waals surface area contributed by atoms with Gasteiger partial charge in [-0.1, -0.05) is 97.9 Å². The normalized spacial score (nSPS) is 18.2. The van der Waals surface area contributed by atoms with Crippen LogP contribution in [-0.4, -0.2) is 35.0 Å². The Bertz CT molecular complexity index is 1040. The van der Waals surface area contributed by atoms with Gasteiger partial charge >= 0.3 is 6.03 Å². The predicted molar refractivity (Wildman–Crippen MR) is 126 cm³/mol. The number of benzene rings is 3. The monoisotopic (exact) mass is 427 g/mol. The van der Waals surface area contributed by atoms with E-state index in [1.165, 1.54) is 4.90 Å². The summed E-state index contributed by atoms with van der Waals surface area (Å²) < 4.78 is 0. The number of rotatable bonds is 9. The van der Waals surface area contributed by atoms with Gasteiger partial charge in [0.15, 0.2) is 5.54 Å². The summed E-state index contributed by atoms with van der Waals surface area (Å²) in [4.78, 5) is 30.5. The van der Waals surface area contributed by atoms with Gasteiger partial charge in [-0.15, -0.1) is 0 Å². The van der Waals surface area contributed by atoms with Crippen LogP contribution in [0.3, 0.4) is 0 Å². The van der Waals surface area contributed by atoms with Crippen LogP contribution in [0.2, 0.25) is 0 Å². The summed E-state index contributed by atoms with van der Waals surface area (Å²) in [6.45, 7) is 3.84. The van der Waals surface area contributed by atoms with Crippen LogP contribution in [0, 0.1) is 0 Å². The summed E-state index contributed by atoms with van der Waals surface area (Å²) in [6.07, 6.45) is 1.34. The van der Waals surface area contributed by atoms with E-state index < -0.39 is 5.54 Å². The number of nitrogens with one attached hydrogen (secondary N) is 1. The van der Waals surface area contributed by atoms with E-state index >= 15 is 0 Å². The number of amides is 3. The average Bonchev–Trinajstić information content (AvgIpc) is 3.06. The van der Waals surface area contributed by atoms with Gasteiger partial charge in [0.2, 0.25) is 0 Å². The smallest absolute Gasteiger partial charge is 0.319 e. The molecular weight excluding hydrogens is 398 g/mol. The maximum Gasteiger partial charge on any atom is 0.326 e. The van der Waals surface area contributed by atoms with Crippen LogP contribution in [-0.2, 0) is 23.3 Å². The summed E-state index contributed by atoms with van der Waals surface area (Å²) in [5.74, 6) is -0.202. The van der Waals surface area contributed by atoms with Crippen molar-refractivity contribution >= 4 is 11.9 Å². The molecule has 1 atom stereocenters. The van der Waals surface area contributed by atoms with Crippen molar-refractivity contribution in [3.05, 3.63) is 108 Å². The molecule has 4 rings (SSSR count). The Kier molecular flexibility index (Phi) is 6.66. The van der Waals surface area contributed by atoms with Gasteiger partial charge in [-0.25, -0.2) is 9.69 Å². The van der Waals surface area contributed by atoms with E-state index in [2.05, 4.69) is 29.3 Å². The molecule has 164 valence electrons. The number of hydrogen-bond donors (Lipinski definition) is 1. The summed E-state index contributed by atoms with van der Waals surface area (Å²) in [7, 11) is 0. The first-order chi connectivity index (χ1) is 15.6. The van der Waals surface area contributed by atoms with E-state index in [-0.39, 0.29) is 18.6 Å². The van der Waals surface area contributed by atoms with Crippen molar-refractivity contribution in [3.8, 4) is 0 Å². The SMILES string of the molecule is CCCN(Cc1ccccc1)CN1C(=O)NC(Cc2ccccc2)(c2ccccc2)C1=O. The van der Waals surface area contributed by atoms with Crippen molar-refractivity contribution < 1.29 is 9.59 Å². The molecular formula is C27H29N3O2. The molecule has 1 fully saturated rings. The van der Waals surface area contributed by atoms with Gasteiger partial charge < -0.3 is 5.32 Å². The van der Waals surface area contributed by atoms with Crippen LogP contribution in [0.15, 0.2) is 91.0 Å². The molecule has 1 N–H and O–H groups in total. The molecule has 1 aliphatic rings. The molecule has 0 aliphatic carbocycles. The first-order valence-electron chi connectivity index (χ1n) is 11.1. The number of hydrogen-bond acceptors (Lipinski definition) is 3. The highest BCUT2D eigenvalue weighted by molar-refractivity contribution is 6.07. The average molecular weight is 428 g/mol. The highest BCUT2D eigenvalue weighted by atomic mass is 16.2. The van der Waals surface area contributed by atoms with Crippen LogP contribution in [0.4, 0.5) is 4.79 Å². The van der Waals surface area contributed by atoms with E-state index in [0.717, 1.165) is 29.7 Å². The fourth-order valence-electron chi connectivity index (χ4n) is 4.35. The fraction of sp³-hybridized carbons (Fsp3) is 0.259. The molecule has 1 aliphatic heterocycles. The topological polar surface area (TPSA) is 52.6 Å². The van der Waals surface area contributed by atoms with Gasteiger partial charge in [0.05, 0.1) is 6.67 Å². The standard InChI is InChI=1S/C27H29N3O2/c1-2-18-29(20-23-14-8-4-9-15-23)21-30-25(31)27(28-26(30)32,24-16-10-5-11-17-24)19-22-12-6-3-7-13-22/h3-17H,2,18-21H2,1H3,(H,28,32). The van der Waals surface area contributed by atoms with Crippen molar-refractivity contribution in [2.45, 2.75) is 31.8 Å². The molecule has 5 heteroatoms. The number of urea groups is 1. The Morgan fingerprint density at radius 1 is 0.812 bits per heavy atom. The zero-order valence-electron chi connectivity index (χ0n) is 18.4. The van der Waals surface area contributed by atoms with Gasteiger partial charge in [0, 0.05) is 13.0 Å². The molecule has 1 heterocycles. The van der Waals surface area contributed by atoms with Crippen molar-refractivity contribution in [1.82, 2.24) is 15.1 Å². The zero-order chi connectivity index (χ0) is 22.4. The largest absolute Gasteiger partial charge is 0.326 e. The fourth-order valence-corrected chi connectivity index (χ4v) is 4.35. The molecule has 0 aromatic heterocycles. The predicted octanol–water partition coefficient (Wildman–Crippen LogP) is 4.55. The molecule has 3 amide bonds. The summed E-state index contributed by atoms with van der Waals surface area (Å²) in [6, 6.07) is 29.2. The van der Waals surface area contributed by atoms with Gasteiger partial charge in [-0.3, -0.25) is 9.69 Å². The summed E-state index contributed by atoms with van der Waals surface area (Å²) >= 11 is 0. The minimum Gasteiger partial charge on any atom is -0.319 e. The maximum atomic E-state index is 13.9. The quantitative estimate of drug-likeness (QED) is 0.510. The van der Waals surface area contributed by atoms with Gasteiger partial charge in [-0.2, -0.15) is 0 Å². The number of carbonyl (C=O) groups is 2. The van der Waals surface area contributed by atoms with Crippen LogP contribution in [0.25, 0.3) is 0 Å². The Hall–Kier alpha value is -3.44. The second-order valence-electron chi connectivity index (χ2n) is 8.28. The second-order valence-corrected chi connectivity index (χ2v) is 8.28. The molecule has 0 radical (unpaired) electrons. The van der Waals surface area contributed by atoms with Crippen LogP contribution in [0.5, 0.6) is 0 Å². The number of carbonyl (C=O) groups excluding carboxylic acids is 2. The Morgan fingerprint density at radius 2 is 1.38 bits per heavy atom. The lowest BCUT2D eigenvalue weighted by Gasteiger charge is -2.29. The van der Waals surface area contributed by atoms with E-state index in [1.807, 2.05) is 78.9 Å². The first kappa shape index (κ1) is 21.8. The molecule has 3 aromatic rings. The Labute approximate surface area is 189 Å². The molecule has 1 unspecified atom stereocenters. The molecule has 1 saturated heterocycles. The third kappa shape index (κ3) is 4.58. The van der Waals surface area contributed by atoms with Crippen molar-refractivity contribution in [2.24, 2.45) is 0 Å². The van der Waals surface area contributed by atoms with Crippen molar-refractivity contribution in [1.29, 1.82) is 0 Å². The lowest BCUT2D eigenvalue weighted by Crippen LogP contribution is -2.47. The second kappa shape index (κ2) is 9.79. The molecule has 3 aromatic carbocycles. The van der Waals surface area contributed by atoms with Gasteiger partial charge in [0.25, 0.3) is 5.91 Å². The third-order valence-corrected chi connectivity index (χ3v) is 5.88. The van der Waals surface area contributed by atoms with Crippen LogP contribution >= 0.6 is 0 Å². The van der Waals surface area contributed by atoms with E-state index in [1.54, 1.807) is 0 Å². The Balaban J connectivity index is 1.63. The summed E-state index contributed by atoms with van der Waals surface area (Å²) in [5, 5.41) is 3.05. The molecule has 0 bridgehead atoms. The van der Waals surface area contributed by atoms with Gasteiger partial charge in [-0.05, 0) is 29.7 Å². The first-order valence-corrected chi connectivity index (χ1v) is 11.1. The Morgan fingerprint density at radius 3 is 1.97 bits per heavy atom. The van der Waals surface area contributed by atoms with Crippen LogP contribution < -0.4 is 5.32 Å². The minimum absolute atomic E-state index is 0.202. The molecule has 0 saturated carbocycles. The minimum atomic E-state index is -1.11. The number of imide groups is 1. The van der Waals surface area contributed by atoms with E-state index in [9.17, 15) is 9.59 Å². The van der Waals surface area contributed by atoms with Crippen molar-refractivity contribution in [2.75, 3.05) is 13.2 Å². The lowest BCUT2D eigenvalue weighted by molar-refractivity contribution is -0.133. The number of nitrogens with zero attached hydrogens (tertiary/aromatic N) is 2. The molecule has 32 heavy (non-hydrogen) atoms. The summed E-state index contributed by atoms with van der Waals surface area (Å²) in [5.41, 5.74) is 1.85. The maximum absolute atomic E-state index is 13.9. The van der Waals surface area contributed by atoms with E-state index in [0.29, 0.717) is 13.0 Å². The van der Waals surface area contributed by atoms with E-state index in [4.69, 9.17) is 0 Å². The lowest BCUT2D eigenvalue weighted by atomic mass is 9.83. The zero-order valence-corrected chi connectivity index (χ0v) is 18.4. The van der Waals surface area contributed by atoms with Gasteiger partial charge in [0.1, 0.15) is 0 Å². The molecule has 0 spiro atoms.